The second-order valence-corrected chi connectivity index (χ2v) is 6.90. The van der Waals surface area contributed by atoms with E-state index in [0.29, 0.717) is 23.5 Å². The van der Waals surface area contributed by atoms with E-state index >= 15 is 0 Å². The highest BCUT2D eigenvalue weighted by Gasteiger charge is 2.19. The number of thiazole rings is 1. The van der Waals surface area contributed by atoms with E-state index < -0.39 is 16.8 Å². The van der Waals surface area contributed by atoms with E-state index in [1.54, 1.807) is 35.9 Å². The van der Waals surface area contributed by atoms with Gasteiger partial charge < -0.3 is 14.0 Å². The summed E-state index contributed by atoms with van der Waals surface area (Å²) in [7, 11) is 2.85. The van der Waals surface area contributed by atoms with E-state index in [0.717, 1.165) is 10.2 Å². The van der Waals surface area contributed by atoms with Gasteiger partial charge in [0.1, 0.15) is 5.56 Å². The Labute approximate surface area is 169 Å². The van der Waals surface area contributed by atoms with Crippen LogP contribution in [0.5, 0.6) is 0 Å². The molecule has 0 N–H and O–H groups in total. The van der Waals surface area contributed by atoms with Crippen molar-refractivity contribution < 1.29 is 24.0 Å². The molecule has 2 aromatic carbocycles. The van der Waals surface area contributed by atoms with Crippen LogP contribution in [0.3, 0.4) is 0 Å². The third-order valence-electron chi connectivity index (χ3n) is 4.15. The van der Waals surface area contributed by atoms with Crippen molar-refractivity contribution in [3.8, 4) is 0 Å². The zero-order chi connectivity index (χ0) is 21.0. The molecule has 9 nitrogen and oxygen atoms in total. The minimum atomic E-state index is -0.719. The Morgan fingerprint density at radius 2 is 1.97 bits per heavy atom. The topological polar surface area (TPSA) is 113 Å². The molecule has 1 amide bonds. The number of carbonyl (C=O) groups is 2. The number of nitrogens with zero attached hydrogens (tertiary/aromatic N) is 3. The molecule has 150 valence electrons. The second kappa shape index (κ2) is 8.76. The number of benzene rings is 2. The Bertz CT molecular complexity index is 1160. The molecular formula is C19H17N3O6S. The predicted octanol–water partition coefficient (Wildman–Crippen LogP) is 2.79. The third-order valence-corrected chi connectivity index (χ3v) is 5.19. The van der Waals surface area contributed by atoms with E-state index in [-0.39, 0.29) is 11.3 Å². The van der Waals surface area contributed by atoms with Crippen molar-refractivity contribution in [2.45, 2.75) is 6.54 Å². The van der Waals surface area contributed by atoms with Crippen LogP contribution in [0.25, 0.3) is 10.2 Å². The number of ether oxygens (including phenoxy) is 2. The van der Waals surface area contributed by atoms with Crippen molar-refractivity contribution in [2.75, 3.05) is 20.8 Å². The largest absolute Gasteiger partial charge is 0.465 e. The summed E-state index contributed by atoms with van der Waals surface area (Å²) in [5.41, 5.74) is 0.729. The van der Waals surface area contributed by atoms with Gasteiger partial charge in [-0.3, -0.25) is 14.9 Å². The van der Waals surface area contributed by atoms with Gasteiger partial charge in [-0.25, -0.2) is 4.79 Å². The predicted molar refractivity (Wildman–Crippen MR) is 106 cm³/mol. The van der Waals surface area contributed by atoms with E-state index in [2.05, 4.69) is 4.99 Å². The summed E-state index contributed by atoms with van der Waals surface area (Å²) < 4.78 is 12.4. The fourth-order valence-electron chi connectivity index (χ4n) is 2.76. The van der Waals surface area contributed by atoms with Gasteiger partial charge >= 0.3 is 5.97 Å². The number of esters is 1. The second-order valence-electron chi connectivity index (χ2n) is 5.89. The lowest BCUT2D eigenvalue weighted by Gasteiger charge is -2.05. The van der Waals surface area contributed by atoms with Gasteiger partial charge in [-0.05, 0) is 24.3 Å². The number of hydrogen-bond acceptors (Lipinski definition) is 7. The van der Waals surface area contributed by atoms with Crippen molar-refractivity contribution in [2.24, 2.45) is 4.99 Å². The van der Waals surface area contributed by atoms with Crippen LogP contribution in [0.1, 0.15) is 20.7 Å². The van der Waals surface area contributed by atoms with Crippen LogP contribution < -0.4 is 4.80 Å². The molecule has 1 aromatic heterocycles. The van der Waals surface area contributed by atoms with Gasteiger partial charge in [0.05, 0.1) is 34.4 Å². The highest BCUT2D eigenvalue weighted by molar-refractivity contribution is 7.16. The van der Waals surface area contributed by atoms with Crippen LogP contribution in [0, 0.1) is 10.1 Å². The lowest BCUT2D eigenvalue weighted by Crippen LogP contribution is -2.19. The van der Waals surface area contributed by atoms with E-state index in [1.165, 1.54) is 36.6 Å². The number of methoxy groups -OCH3 is 2. The van der Waals surface area contributed by atoms with Crippen molar-refractivity contribution >= 4 is 39.1 Å². The fourth-order valence-corrected chi connectivity index (χ4v) is 3.86. The van der Waals surface area contributed by atoms with E-state index in [4.69, 9.17) is 9.47 Å². The maximum absolute atomic E-state index is 12.7. The number of carbonyl (C=O) groups excluding carboxylic acids is 2. The van der Waals surface area contributed by atoms with Crippen LogP contribution in [0.15, 0.2) is 47.5 Å². The Morgan fingerprint density at radius 1 is 1.21 bits per heavy atom. The average Bonchev–Trinajstić information content (AvgIpc) is 3.07. The summed E-state index contributed by atoms with van der Waals surface area (Å²) in [6.07, 6.45) is 0. The monoisotopic (exact) mass is 415 g/mol. The first-order valence-corrected chi connectivity index (χ1v) is 9.31. The Kier molecular flexibility index (Phi) is 6.15. The Balaban J connectivity index is 2.15. The van der Waals surface area contributed by atoms with Crippen LogP contribution in [0.4, 0.5) is 5.69 Å². The van der Waals surface area contributed by atoms with Crippen LogP contribution in [-0.2, 0) is 16.0 Å². The number of amides is 1. The molecule has 10 heteroatoms. The summed E-state index contributed by atoms with van der Waals surface area (Å²) in [4.78, 5) is 39.5. The van der Waals surface area contributed by atoms with Crippen molar-refractivity contribution in [3.63, 3.8) is 0 Å². The number of para-hydroxylation sites is 1. The molecule has 0 fully saturated rings. The molecule has 0 saturated heterocycles. The first-order chi connectivity index (χ1) is 14.0. The number of hydrogen-bond donors (Lipinski definition) is 0. The van der Waals surface area contributed by atoms with E-state index in [9.17, 15) is 19.7 Å². The van der Waals surface area contributed by atoms with Crippen LogP contribution in [-0.4, -0.2) is 42.2 Å². The summed E-state index contributed by atoms with van der Waals surface area (Å²) in [6.45, 7) is 0.786. The van der Waals surface area contributed by atoms with Gasteiger partial charge in [0.25, 0.3) is 11.6 Å². The number of fused-ring (bicyclic) bond motifs is 1. The normalized spacial score (nSPS) is 11.6. The summed E-state index contributed by atoms with van der Waals surface area (Å²) >= 11 is 1.20. The Morgan fingerprint density at radius 3 is 2.66 bits per heavy atom. The molecule has 0 spiro atoms. The lowest BCUT2D eigenvalue weighted by atomic mass is 10.2. The molecule has 0 aliphatic heterocycles. The maximum Gasteiger partial charge on any atom is 0.337 e. The smallest absolute Gasteiger partial charge is 0.337 e. The maximum atomic E-state index is 12.7. The molecule has 0 saturated carbocycles. The van der Waals surface area contributed by atoms with Crippen molar-refractivity contribution in [1.29, 1.82) is 0 Å². The number of nitro benzene ring substituents is 1. The fraction of sp³-hybridized carbons (Fsp3) is 0.211. The van der Waals surface area contributed by atoms with Crippen molar-refractivity contribution in [3.05, 3.63) is 68.5 Å². The molecule has 0 aliphatic carbocycles. The zero-order valence-corrected chi connectivity index (χ0v) is 16.5. The van der Waals surface area contributed by atoms with Gasteiger partial charge in [-0.1, -0.05) is 23.5 Å². The standard InChI is InChI=1S/C19H17N3O6S/c1-27-10-9-21-15-8-7-12(18(24)28-2)11-16(15)29-19(21)20-17(23)13-5-3-4-6-14(13)22(25)26/h3-8,11H,9-10H2,1-2H3. The molecule has 0 radical (unpaired) electrons. The zero-order valence-electron chi connectivity index (χ0n) is 15.7. The molecule has 1 heterocycles. The van der Waals surface area contributed by atoms with E-state index in [1.807, 2.05) is 0 Å². The van der Waals surface area contributed by atoms with Gasteiger partial charge in [-0.15, -0.1) is 0 Å². The highest BCUT2D eigenvalue weighted by Crippen LogP contribution is 2.21. The summed E-state index contributed by atoms with van der Waals surface area (Å²) in [6, 6.07) is 10.7. The summed E-state index contributed by atoms with van der Waals surface area (Å²) in [5, 5.41) is 11.2. The molecule has 3 rings (SSSR count). The van der Waals surface area contributed by atoms with Gasteiger partial charge in [0.2, 0.25) is 0 Å². The van der Waals surface area contributed by atoms with Crippen LogP contribution >= 0.6 is 11.3 Å². The molecule has 3 aromatic rings. The Hall–Kier alpha value is -3.37. The number of aromatic nitrogens is 1. The minimum absolute atomic E-state index is 0.0940. The third kappa shape index (κ3) is 4.23. The minimum Gasteiger partial charge on any atom is -0.465 e. The van der Waals surface area contributed by atoms with Gasteiger partial charge in [-0.2, -0.15) is 4.99 Å². The highest BCUT2D eigenvalue weighted by atomic mass is 32.1. The summed E-state index contributed by atoms with van der Waals surface area (Å²) in [5.74, 6) is -1.19. The number of rotatable bonds is 6. The molecule has 0 aliphatic rings. The van der Waals surface area contributed by atoms with Gasteiger partial charge in [0.15, 0.2) is 4.80 Å². The lowest BCUT2D eigenvalue weighted by molar-refractivity contribution is -0.385. The van der Waals surface area contributed by atoms with Crippen LogP contribution in [0.2, 0.25) is 0 Å². The molecule has 0 atom stereocenters. The first kappa shape index (κ1) is 20.4. The molecular weight excluding hydrogens is 398 g/mol. The molecule has 0 bridgehead atoms. The van der Waals surface area contributed by atoms with Gasteiger partial charge in [0, 0.05) is 19.7 Å². The SMILES string of the molecule is COCCn1c(=NC(=O)c2ccccc2[N+](=O)[O-])sc2cc(C(=O)OC)ccc21. The quantitative estimate of drug-likeness (QED) is 0.348. The van der Waals surface area contributed by atoms with Crippen molar-refractivity contribution in [1.82, 2.24) is 4.57 Å². The molecule has 0 unspecified atom stereocenters. The first-order valence-electron chi connectivity index (χ1n) is 8.49. The number of nitro groups is 1. The molecule has 29 heavy (non-hydrogen) atoms. The average molecular weight is 415 g/mol.